The SMILES string of the molecule is CCCCCC1CCC(C2CCC(CCCC)C(=O)C2)CC1. The zero-order chi connectivity index (χ0) is 15.8. The highest BCUT2D eigenvalue weighted by Gasteiger charge is 2.34. The normalized spacial score (nSPS) is 33.1. The van der Waals surface area contributed by atoms with Crippen molar-refractivity contribution >= 4 is 5.78 Å². The molecule has 2 aliphatic carbocycles. The molecule has 0 spiro atoms. The van der Waals surface area contributed by atoms with E-state index in [4.69, 9.17) is 0 Å². The first-order valence-electron chi connectivity index (χ1n) is 10.3. The second-order valence-corrected chi connectivity index (χ2v) is 8.12. The summed E-state index contributed by atoms with van der Waals surface area (Å²) in [5.74, 6) is 3.64. The molecule has 2 rings (SSSR count). The summed E-state index contributed by atoms with van der Waals surface area (Å²) in [6.07, 6.45) is 18.4. The molecule has 2 fully saturated rings. The van der Waals surface area contributed by atoms with E-state index in [0.29, 0.717) is 11.7 Å². The summed E-state index contributed by atoms with van der Waals surface area (Å²) in [7, 11) is 0. The third-order valence-corrected chi connectivity index (χ3v) is 6.48. The van der Waals surface area contributed by atoms with Crippen LogP contribution in [0.4, 0.5) is 0 Å². The van der Waals surface area contributed by atoms with Crippen LogP contribution >= 0.6 is 0 Å². The van der Waals surface area contributed by atoms with Crippen LogP contribution in [0.15, 0.2) is 0 Å². The van der Waals surface area contributed by atoms with Gasteiger partial charge in [-0.3, -0.25) is 4.79 Å². The summed E-state index contributed by atoms with van der Waals surface area (Å²) in [4.78, 5) is 12.4. The number of ketones is 1. The van der Waals surface area contributed by atoms with E-state index in [1.54, 1.807) is 0 Å². The van der Waals surface area contributed by atoms with Crippen LogP contribution in [0.3, 0.4) is 0 Å². The molecule has 2 aliphatic rings. The summed E-state index contributed by atoms with van der Waals surface area (Å²) < 4.78 is 0. The minimum Gasteiger partial charge on any atom is -0.299 e. The maximum atomic E-state index is 12.4. The van der Waals surface area contributed by atoms with Crippen LogP contribution in [-0.2, 0) is 4.79 Å². The summed E-state index contributed by atoms with van der Waals surface area (Å²) in [5, 5.41) is 0. The Labute approximate surface area is 138 Å². The number of hydrogen-bond donors (Lipinski definition) is 0. The van der Waals surface area contributed by atoms with E-state index < -0.39 is 0 Å². The Morgan fingerprint density at radius 2 is 1.45 bits per heavy atom. The van der Waals surface area contributed by atoms with Crippen LogP contribution < -0.4 is 0 Å². The topological polar surface area (TPSA) is 17.1 Å². The fourth-order valence-electron chi connectivity index (χ4n) is 4.89. The van der Waals surface area contributed by atoms with Gasteiger partial charge in [0.2, 0.25) is 0 Å². The van der Waals surface area contributed by atoms with E-state index >= 15 is 0 Å². The highest BCUT2D eigenvalue weighted by Crippen LogP contribution is 2.42. The van der Waals surface area contributed by atoms with E-state index in [-0.39, 0.29) is 0 Å². The van der Waals surface area contributed by atoms with Crippen molar-refractivity contribution in [1.82, 2.24) is 0 Å². The highest BCUT2D eigenvalue weighted by atomic mass is 16.1. The van der Waals surface area contributed by atoms with Gasteiger partial charge < -0.3 is 0 Å². The lowest BCUT2D eigenvalue weighted by molar-refractivity contribution is -0.127. The molecular weight excluding hydrogens is 268 g/mol. The quantitative estimate of drug-likeness (QED) is 0.465. The zero-order valence-electron chi connectivity index (χ0n) is 15.1. The van der Waals surface area contributed by atoms with Gasteiger partial charge in [0, 0.05) is 12.3 Å². The van der Waals surface area contributed by atoms with Gasteiger partial charge in [-0.05, 0) is 49.9 Å². The number of Topliss-reactive ketones (excluding diaryl/α,β-unsaturated/α-hetero) is 1. The van der Waals surface area contributed by atoms with Gasteiger partial charge in [0.1, 0.15) is 5.78 Å². The number of carbonyl (C=O) groups is 1. The van der Waals surface area contributed by atoms with Gasteiger partial charge in [-0.25, -0.2) is 0 Å². The molecule has 0 bridgehead atoms. The summed E-state index contributed by atoms with van der Waals surface area (Å²) in [6, 6.07) is 0. The van der Waals surface area contributed by atoms with Gasteiger partial charge in [-0.1, -0.05) is 65.2 Å². The van der Waals surface area contributed by atoms with Crippen molar-refractivity contribution in [2.45, 2.75) is 104 Å². The molecule has 0 N–H and O–H groups in total. The van der Waals surface area contributed by atoms with E-state index in [2.05, 4.69) is 13.8 Å². The van der Waals surface area contributed by atoms with Crippen molar-refractivity contribution < 1.29 is 4.79 Å². The predicted octanol–water partition coefficient (Wildman–Crippen LogP) is 6.55. The second kappa shape index (κ2) is 9.73. The van der Waals surface area contributed by atoms with Crippen LogP contribution in [0.25, 0.3) is 0 Å². The van der Waals surface area contributed by atoms with Gasteiger partial charge in [-0.2, -0.15) is 0 Å². The minimum atomic E-state index is 0.418. The third-order valence-electron chi connectivity index (χ3n) is 6.48. The van der Waals surface area contributed by atoms with Crippen LogP contribution in [0.5, 0.6) is 0 Å². The smallest absolute Gasteiger partial charge is 0.136 e. The molecule has 0 heterocycles. The number of hydrogen-bond acceptors (Lipinski definition) is 1. The Bertz CT molecular complexity index is 314. The molecule has 128 valence electrons. The Hall–Kier alpha value is -0.330. The first-order chi connectivity index (χ1) is 10.7. The maximum Gasteiger partial charge on any atom is 0.136 e. The van der Waals surface area contributed by atoms with Crippen molar-refractivity contribution in [3.05, 3.63) is 0 Å². The fraction of sp³-hybridized carbons (Fsp3) is 0.952. The first-order valence-corrected chi connectivity index (χ1v) is 10.3. The minimum absolute atomic E-state index is 0.418. The van der Waals surface area contributed by atoms with Crippen LogP contribution in [0.2, 0.25) is 0 Å². The van der Waals surface area contributed by atoms with Crippen molar-refractivity contribution in [2.24, 2.45) is 23.7 Å². The van der Waals surface area contributed by atoms with E-state index in [1.807, 2.05) is 0 Å². The van der Waals surface area contributed by atoms with Gasteiger partial charge in [0.05, 0.1) is 0 Å². The van der Waals surface area contributed by atoms with Crippen molar-refractivity contribution in [3.63, 3.8) is 0 Å². The molecular formula is C21H38O. The number of carbonyl (C=O) groups excluding carboxylic acids is 1. The summed E-state index contributed by atoms with van der Waals surface area (Å²) in [5.41, 5.74) is 0. The zero-order valence-corrected chi connectivity index (χ0v) is 15.1. The number of rotatable bonds is 8. The molecule has 1 heteroatoms. The van der Waals surface area contributed by atoms with E-state index in [0.717, 1.165) is 30.6 Å². The highest BCUT2D eigenvalue weighted by molar-refractivity contribution is 5.81. The fourth-order valence-corrected chi connectivity index (χ4v) is 4.89. The lowest BCUT2D eigenvalue weighted by Crippen LogP contribution is -2.31. The van der Waals surface area contributed by atoms with Gasteiger partial charge in [0.15, 0.2) is 0 Å². The molecule has 0 saturated heterocycles. The lowest BCUT2D eigenvalue weighted by atomic mass is 9.68. The Morgan fingerprint density at radius 1 is 0.773 bits per heavy atom. The molecule has 0 aromatic rings. The molecule has 0 aliphatic heterocycles. The van der Waals surface area contributed by atoms with Crippen LogP contribution in [0, 0.1) is 23.7 Å². The molecule has 2 unspecified atom stereocenters. The Morgan fingerprint density at radius 3 is 2.09 bits per heavy atom. The lowest BCUT2D eigenvalue weighted by Gasteiger charge is -2.37. The summed E-state index contributed by atoms with van der Waals surface area (Å²) >= 11 is 0. The average molecular weight is 307 g/mol. The standard InChI is InChI=1S/C21H38O/c1-3-5-7-8-17-10-12-18(13-11-17)20-15-14-19(9-6-4-2)21(22)16-20/h17-20H,3-16H2,1-2H3. The first kappa shape index (κ1) is 18.0. The summed E-state index contributed by atoms with van der Waals surface area (Å²) in [6.45, 7) is 4.53. The molecule has 22 heavy (non-hydrogen) atoms. The van der Waals surface area contributed by atoms with Crippen molar-refractivity contribution in [2.75, 3.05) is 0 Å². The van der Waals surface area contributed by atoms with Crippen molar-refractivity contribution in [3.8, 4) is 0 Å². The predicted molar refractivity (Wildman–Crippen MR) is 95.0 cm³/mol. The van der Waals surface area contributed by atoms with Crippen LogP contribution in [-0.4, -0.2) is 5.78 Å². The van der Waals surface area contributed by atoms with Crippen molar-refractivity contribution in [1.29, 1.82) is 0 Å². The van der Waals surface area contributed by atoms with Crippen LogP contribution in [0.1, 0.15) is 104 Å². The molecule has 0 amide bonds. The Balaban J connectivity index is 1.68. The van der Waals surface area contributed by atoms with Gasteiger partial charge in [0.25, 0.3) is 0 Å². The number of unbranched alkanes of at least 4 members (excludes halogenated alkanes) is 3. The average Bonchev–Trinajstić information content (AvgIpc) is 2.54. The largest absolute Gasteiger partial charge is 0.299 e. The molecule has 2 atom stereocenters. The molecule has 0 aromatic carbocycles. The Kier molecular flexibility index (Phi) is 7.97. The molecule has 0 radical (unpaired) electrons. The maximum absolute atomic E-state index is 12.4. The molecule has 2 saturated carbocycles. The van der Waals surface area contributed by atoms with Gasteiger partial charge in [-0.15, -0.1) is 0 Å². The third kappa shape index (κ3) is 5.39. The van der Waals surface area contributed by atoms with Gasteiger partial charge >= 0.3 is 0 Å². The molecule has 1 nitrogen and oxygen atoms in total. The van der Waals surface area contributed by atoms with E-state index in [9.17, 15) is 4.79 Å². The monoisotopic (exact) mass is 306 g/mol. The second-order valence-electron chi connectivity index (χ2n) is 8.12. The molecule has 0 aromatic heterocycles. The van der Waals surface area contributed by atoms with E-state index in [1.165, 1.54) is 77.0 Å².